The minimum atomic E-state index is -1.38. The van der Waals surface area contributed by atoms with E-state index in [1.807, 2.05) is 30.3 Å². The zero-order chi connectivity index (χ0) is 20.0. The molecule has 3 rings (SSSR count). The third-order valence-electron chi connectivity index (χ3n) is 7.05. The quantitative estimate of drug-likeness (QED) is 0.672. The fraction of sp³-hybridized carbons (Fsp3) is 0.708. The van der Waals surface area contributed by atoms with E-state index in [4.69, 9.17) is 0 Å². The summed E-state index contributed by atoms with van der Waals surface area (Å²) in [5.74, 6) is 0.660. The van der Waals surface area contributed by atoms with Crippen LogP contribution in [0.2, 0.25) is 0 Å². The van der Waals surface area contributed by atoms with Gasteiger partial charge < -0.3 is 15.3 Å². The van der Waals surface area contributed by atoms with Crippen molar-refractivity contribution in [2.75, 3.05) is 19.6 Å². The molecule has 1 amide bonds. The lowest BCUT2D eigenvalue weighted by Crippen LogP contribution is -2.55. The van der Waals surface area contributed by atoms with Crippen LogP contribution in [0.3, 0.4) is 0 Å². The molecule has 0 radical (unpaired) electrons. The molecule has 1 heterocycles. The van der Waals surface area contributed by atoms with E-state index in [-0.39, 0.29) is 17.9 Å². The molecule has 1 aromatic rings. The molecule has 1 saturated heterocycles. The van der Waals surface area contributed by atoms with Crippen LogP contribution in [-0.2, 0) is 10.4 Å². The Morgan fingerprint density at radius 3 is 2.46 bits per heavy atom. The third kappa shape index (κ3) is 4.96. The summed E-state index contributed by atoms with van der Waals surface area (Å²) in [6.07, 6.45) is 8.73. The van der Waals surface area contributed by atoms with Crippen molar-refractivity contribution in [2.45, 2.75) is 76.9 Å². The van der Waals surface area contributed by atoms with Crippen LogP contribution >= 0.6 is 0 Å². The van der Waals surface area contributed by atoms with Crippen molar-refractivity contribution in [3.8, 4) is 0 Å². The number of carbonyl (C=O) groups is 1. The van der Waals surface area contributed by atoms with Crippen LogP contribution in [0.5, 0.6) is 0 Å². The summed E-state index contributed by atoms with van der Waals surface area (Å²) in [4.78, 5) is 15.7. The monoisotopic (exact) mass is 386 g/mol. The zero-order valence-corrected chi connectivity index (χ0v) is 17.7. The molecule has 1 aliphatic heterocycles. The lowest BCUT2D eigenvalue weighted by atomic mass is 9.69. The van der Waals surface area contributed by atoms with Gasteiger partial charge in [-0.25, -0.2) is 0 Å². The lowest BCUT2D eigenvalue weighted by molar-refractivity contribution is -0.153. The van der Waals surface area contributed by atoms with Crippen LogP contribution in [0.1, 0.15) is 70.8 Å². The number of piperidine rings is 1. The highest BCUT2D eigenvalue weighted by Gasteiger charge is 2.48. The molecular weight excluding hydrogens is 348 g/mol. The van der Waals surface area contributed by atoms with Gasteiger partial charge in [-0.05, 0) is 56.6 Å². The van der Waals surface area contributed by atoms with Crippen molar-refractivity contribution in [3.63, 3.8) is 0 Å². The lowest BCUT2D eigenvalue weighted by Gasteiger charge is -2.42. The number of likely N-dealkylation sites (tertiary alicyclic amines) is 1. The molecule has 2 atom stereocenters. The van der Waals surface area contributed by atoms with Crippen LogP contribution in [0.25, 0.3) is 0 Å². The molecular formula is C24H38N2O2. The Labute approximate surface area is 170 Å². The molecule has 4 heteroatoms. The fourth-order valence-corrected chi connectivity index (χ4v) is 4.53. The SMILES string of the molecule is CC[C@H](C)CCCN1CCC(NC(=O)C(O)(c2ccccc2)C2CCC2)CC1. The van der Waals surface area contributed by atoms with E-state index in [1.54, 1.807) is 0 Å². The summed E-state index contributed by atoms with van der Waals surface area (Å²) in [6.45, 7) is 7.84. The number of hydrogen-bond donors (Lipinski definition) is 2. The highest BCUT2D eigenvalue weighted by Crippen LogP contribution is 2.42. The predicted octanol–water partition coefficient (Wildman–Crippen LogP) is 4.08. The van der Waals surface area contributed by atoms with E-state index >= 15 is 0 Å². The number of nitrogens with one attached hydrogen (secondary N) is 1. The van der Waals surface area contributed by atoms with E-state index < -0.39 is 5.60 Å². The van der Waals surface area contributed by atoms with E-state index in [0.717, 1.165) is 56.7 Å². The van der Waals surface area contributed by atoms with Gasteiger partial charge in [0, 0.05) is 25.0 Å². The second-order valence-electron chi connectivity index (χ2n) is 9.01. The number of aliphatic hydroxyl groups is 1. The Morgan fingerprint density at radius 1 is 1.21 bits per heavy atom. The molecule has 1 saturated carbocycles. The zero-order valence-electron chi connectivity index (χ0n) is 17.7. The average Bonchev–Trinajstić information content (AvgIpc) is 2.68. The molecule has 2 fully saturated rings. The Hall–Kier alpha value is -1.39. The van der Waals surface area contributed by atoms with Gasteiger partial charge in [0.2, 0.25) is 0 Å². The Balaban J connectivity index is 1.51. The maximum absolute atomic E-state index is 13.2. The summed E-state index contributed by atoms with van der Waals surface area (Å²) < 4.78 is 0. The number of amides is 1. The second kappa shape index (κ2) is 9.89. The summed E-state index contributed by atoms with van der Waals surface area (Å²) in [5, 5.41) is 14.6. The molecule has 2 aliphatic rings. The molecule has 2 N–H and O–H groups in total. The van der Waals surface area contributed by atoms with Gasteiger partial charge in [-0.3, -0.25) is 4.79 Å². The van der Waals surface area contributed by atoms with Crippen molar-refractivity contribution in [1.29, 1.82) is 0 Å². The van der Waals surface area contributed by atoms with Crippen LogP contribution in [-0.4, -0.2) is 41.6 Å². The first-order chi connectivity index (χ1) is 13.5. The van der Waals surface area contributed by atoms with Gasteiger partial charge in [-0.15, -0.1) is 0 Å². The van der Waals surface area contributed by atoms with Crippen molar-refractivity contribution >= 4 is 5.91 Å². The Kier molecular flexibility index (Phi) is 7.53. The molecule has 156 valence electrons. The van der Waals surface area contributed by atoms with Crippen molar-refractivity contribution in [1.82, 2.24) is 10.2 Å². The van der Waals surface area contributed by atoms with Crippen molar-refractivity contribution in [2.24, 2.45) is 11.8 Å². The number of benzene rings is 1. The van der Waals surface area contributed by atoms with Gasteiger partial charge in [0.1, 0.15) is 0 Å². The molecule has 1 aromatic carbocycles. The smallest absolute Gasteiger partial charge is 0.257 e. The summed E-state index contributed by atoms with van der Waals surface area (Å²) in [6, 6.07) is 9.69. The number of rotatable bonds is 9. The van der Waals surface area contributed by atoms with Gasteiger partial charge in [-0.2, -0.15) is 0 Å². The Morgan fingerprint density at radius 2 is 1.89 bits per heavy atom. The van der Waals surface area contributed by atoms with Gasteiger partial charge >= 0.3 is 0 Å². The molecule has 1 aliphatic carbocycles. The van der Waals surface area contributed by atoms with Gasteiger partial charge in [0.25, 0.3) is 5.91 Å². The van der Waals surface area contributed by atoms with Crippen molar-refractivity contribution in [3.05, 3.63) is 35.9 Å². The molecule has 28 heavy (non-hydrogen) atoms. The largest absolute Gasteiger partial charge is 0.375 e. The van der Waals surface area contributed by atoms with E-state index in [2.05, 4.69) is 24.1 Å². The topological polar surface area (TPSA) is 52.6 Å². The molecule has 4 nitrogen and oxygen atoms in total. The highest BCUT2D eigenvalue weighted by molar-refractivity contribution is 5.87. The Bertz CT molecular complexity index is 608. The first-order valence-corrected chi connectivity index (χ1v) is 11.3. The fourth-order valence-electron chi connectivity index (χ4n) is 4.53. The molecule has 0 spiro atoms. The minimum Gasteiger partial charge on any atom is -0.375 e. The maximum Gasteiger partial charge on any atom is 0.257 e. The highest BCUT2D eigenvalue weighted by atomic mass is 16.3. The first-order valence-electron chi connectivity index (χ1n) is 11.3. The molecule has 0 bridgehead atoms. The first kappa shape index (κ1) is 21.3. The number of carbonyl (C=O) groups excluding carboxylic acids is 1. The van der Waals surface area contributed by atoms with Crippen LogP contribution in [0, 0.1) is 11.8 Å². The number of hydrogen-bond acceptors (Lipinski definition) is 3. The minimum absolute atomic E-state index is 0.0375. The van der Waals surface area contributed by atoms with Crippen LogP contribution in [0.15, 0.2) is 30.3 Å². The average molecular weight is 387 g/mol. The van der Waals surface area contributed by atoms with Crippen LogP contribution in [0.4, 0.5) is 0 Å². The second-order valence-corrected chi connectivity index (χ2v) is 9.01. The molecule has 0 aromatic heterocycles. The third-order valence-corrected chi connectivity index (χ3v) is 7.05. The molecule has 1 unspecified atom stereocenters. The summed E-state index contributed by atoms with van der Waals surface area (Å²) in [5.41, 5.74) is -0.646. The van der Waals surface area contributed by atoms with Crippen LogP contribution < -0.4 is 5.32 Å². The van der Waals surface area contributed by atoms with Gasteiger partial charge in [0.05, 0.1) is 0 Å². The van der Waals surface area contributed by atoms with E-state index in [1.165, 1.54) is 25.8 Å². The summed E-state index contributed by atoms with van der Waals surface area (Å²) >= 11 is 0. The van der Waals surface area contributed by atoms with Crippen molar-refractivity contribution < 1.29 is 9.90 Å². The standard InChI is InChI=1S/C24H38N2O2/c1-3-19(2)9-8-16-26-17-14-22(15-18-26)25-23(27)24(28,21-12-7-13-21)20-10-5-4-6-11-20/h4-6,10-11,19,21-22,28H,3,7-9,12-18H2,1-2H3,(H,25,27)/t19-,24?/m0/s1. The summed E-state index contributed by atoms with van der Waals surface area (Å²) in [7, 11) is 0. The number of nitrogens with zero attached hydrogens (tertiary/aromatic N) is 1. The van der Waals surface area contributed by atoms with E-state index in [9.17, 15) is 9.90 Å². The van der Waals surface area contributed by atoms with Gasteiger partial charge in [0.15, 0.2) is 5.60 Å². The van der Waals surface area contributed by atoms with E-state index in [0.29, 0.717) is 0 Å². The van der Waals surface area contributed by atoms with Gasteiger partial charge in [-0.1, -0.05) is 57.0 Å². The normalized spacial score (nSPS) is 22.2. The maximum atomic E-state index is 13.2. The predicted molar refractivity (Wildman–Crippen MR) is 114 cm³/mol.